The fourth-order valence-corrected chi connectivity index (χ4v) is 4.97. The van der Waals surface area contributed by atoms with Gasteiger partial charge in [-0.1, -0.05) is 6.42 Å². The van der Waals surface area contributed by atoms with E-state index in [1.54, 1.807) is 0 Å². The second kappa shape index (κ2) is 6.32. The number of benzene rings is 1. The van der Waals surface area contributed by atoms with Crippen LogP contribution in [0.5, 0.6) is 0 Å². The van der Waals surface area contributed by atoms with Crippen LogP contribution < -0.4 is 4.72 Å². The van der Waals surface area contributed by atoms with Gasteiger partial charge < -0.3 is 0 Å². The van der Waals surface area contributed by atoms with Gasteiger partial charge in [0.05, 0.1) is 5.69 Å². The fraction of sp³-hybridized carbons (Fsp3) is 0.357. The predicted octanol–water partition coefficient (Wildman–Crippen LogP) is 3.77. The average Bonchev–Trinajstić information content (AvgIpc) is 2.72. The largest absolute Gasteiger partial charge is 0.269 e. The normalized spacial score (nSPS) is 15.0. The molecule has 0 spiro atoms. The zero-order valence-electron chi connectivity index (χ0n) is 12.2. The number of rotatable bonds is 3. The number of fused-ring (bicyclic) bond motifs is 1. The van der Waals surface area contributed by atoms with E-state index < -0.39 is 38.2 Å². The number of nitrogens with zero attached hydrogens (tertiary/aromatic N) is 1. The molecule has 24 heavy (non-hydrogen) atoms. The Hall–Kier alpha value is -1.68. The average molecular weight is 380 g/mol. The standard InChI is InChI=1S/C14H12F4N2O2S2/c15-7-6-8(16)12(18)13(11(7)17)24(21,22)20-14-19-9-4-2-1-3-5-10(9)23-14/h6H,1-5H2,(H,19,20). The van der Waals surface area contributed by atoms with Gasteiger partial charge in [0.25, 0.3) is 10.0 Å². The predicted molar refractivity (Wildman–Crippen MR) is 80.5 cm³/mol. The molecule has 4 nitrogen and oxygen atoms in total. The summed E-state index contributed by atoms with van der Waals surface area (Å²) in [6.45, 7) is 0. The third kappa shape index (κ3) is 3.12. The highest BCUT2D eigenvalue weighted by molar-refractivity contribution is 7.93. The van der Waals surface area contributed by atoms with Crippen LogP contribution in [0.25, 0.3) is 0 Å². The van der Waals surface area contributed by atoms with Crippen molar-refractivity contribution in [1.29, 1.82) is 0 Å². The van der Waals surface area contributed by atoms with Crippen molar-refractivity contribution in [1.82, 2.24) is 4.98 Å². The molecule has 0 aliphatic heterocycles. The molecule has 1 aromatic carbocycles. The molecule has 0 amide bonds. The molecule has 2 aromatic rings. The number of thiazole rings is 1. The molecule has 1 N–H and O–H groups in total. The van der Waals surface area contributed by atoms with Gasteiger partial charge in [0, 0.05) is 10.9 Å². The first kappa shape index (κ1) is 17.2. The Labute approximate surface area is 139 Å². The number of sulfonamides is 1. The van der Waals surface area contributed by atoms with Crippen LogP contribution in [0.1, 0.15) is 29.8 Å². The number of aryl methyl sites for hydroxylation is 2. The highest BCUT2D eigenvalue weighted by Gasteiger charge is 2.31. The first-order valence-electron chi connectivity index (χ1n) is 7.14. The van der Waals surface area contributed by atoms with Gasteiger partial charge in [-0.3, -0.25) is 4.72 Å². The molecular formula is C14H12F4N2O2S2. The minimum absolute atomic E-state index is 0.0463. The van der Waals surface area contributed by atoms with E-state index in [2.05, 4.69) is 4.98 Å². The van der Waals surface area contributed by atoms with Gasteiger partial charge in [-0.2, -0.15) is 0 Å². The number of hydrogen-bond donors (Lipinski definition) is 1. The van der Waals surface area contributed by atoms with Crippen LogP contribution in [0.4, 0.5) is 22.7 Å². The smallest absolute Gasteiger partial charge is 0.254 e. The number of hydrogen-bond acceptors (Lipinski definition) is 4. The lowest BCUT2D eigenvalue weighted by Crippen LogP contribution is -2.18. The van der Waals surface area contributed by atoms with Crippen molar-refractivity contribution < 1.29 is 26.0 Å². The molecule has 0 saturated carbocycles. The molecule has 0 unspecified atom stereocenters. The van der Waals surface area contributed by atoms with Gasteiger partial charge in [0.15, 0.2) is 33.3 Å². The molecule has 0 radical (unpaired) electrons. The maximum Gasteiger partial charge on any atom is 0.269 e. The third-order valence-corrected chi connectivity index (χ3v) is 6.22. The van der Waals surface area contributed by atoms with Crippen molar-refractivity contribution in [3.05, 3.63) is 39.9 Å². The van der Waals surface area contributed by atoms with Gasteiger partial charge in [-0.05, 0) is 25.7 Å². The minimum Gasteiger partial charge on any atom is -0.254 e. The quantitative estimate of drug-likeness (QED) is 0.501. The van der Waals surface area contributed by atoms with E-state index in [1.807, 2.05) is 4.72 Å². The molecule has 0 saturated heterocycles. The Morgan fingerprint density at radius 3 is 2.29 bits per heavy atom. The van der Waals surface area contributed by atoms with Crippen LogP contribution >= 0.6 is 11.3 Å². The van der Waals surface area contributed by atoms with Gasteiger partial charge in [-0.25, -0.2) is 31.0 Å². The fourth-order valence-electron chi connectivity index (χ4n) is 2.53. The molecule has 10 heteroatoms. The van der Waals surface area contributed by atoms with Gasteiger partial charge in [0.1, 0.15) is 0 Å². The van der Waals surface area contributed by atoms with Crippen molar-refractivity contribution in [2.45, 2.75) is 37.0 Å². The molecule has 3 rings (SSSR count). The van der Waals surface area contributed by atoms with Crippen LogP contribution in [-0.4, -0.2) is 13.4 Å². The second-order valence-electron chi connectivity index (χ2n) is 5.35. The molecule has 1 aromatic heterocycles. The number of anilines is 1. The van der Waals surface area contributed by atoms with E-state index in [0.29, 0.717) is 6.42 Å². The zero-order chi connectivity index (χ0) is 17.5. The molecule has 1 aliphatic carbocycles. The van der Waals surface area contributed by atoms with Crippen molar-refractivity contribution in [2.75, 3.05) is 4.72 Å². The number of halogens is 4. The zero-order valence-corrected chi connectivity index (χ0v) is 13.8. The van der Waals surface area contributed by atoms with Crippen LogP contribution in [0, 0.1) is 23.3 Å². The summed E-state index contributed by atoms with van der Waals surface area (Å²) in [5, 5.41) is -0.0784. The summed E-state index contributed by atoms with van der Waals surface area (Å²) >= 11 is 1.06. The minimum atomic E-state index is -4.86. The highest BCUT2D eigenvalue weighted by Crippen LogP contribution is 2.31. The monoisotopic (exact) mass is 380 g/mol. The summed E-state index contributed by atoms with van der Waals surface area (Å²) in [6, 6.07) is -0.0463. The van der Waals surface area contributed by atoms with Crippen LogP contribution in [-0.2, 0) is 22.9 Å². The molecule has 0 bridgehead atoms. The van der Waals surface area contributed by atoms with E-state index in [9.17, 15) is 26.0 Å². The topological polar surface area (TPSA) is 59.1 Å². The van der Waals surface area contributed by atoms with Crippen LogP contribution in [0.15, 0.2) is 11.0 Å². The molecule has 0 atom stereocenters. The van der Waals surface area contributed by atoms with Crippen molar-refractivity contribution >= 4 is 26.5 Å². The van der Waals surface area contributed by atoms with Crippen molar-refractivity contribution in [3.8, 4) is 0 Å². The van der Waals surface area contributed by atoms with E-state index in [0.717, 1.165) is 47.6 Å². The first-order chi connectivity index (χ1) is 11.3. The van der Waals surface area contributed by atoms with Gasteiger partial charge in [0.2, 0.25) is 0 Å². The molecule has 1 heterocycles. The molecular weight excluding hydrogens is 368 g/mol. The number of nitrogens with one attached hydrogen (secondary N) is 1. The lowest BCUT2D eigenvalue weighted by molar-refractivity contribution is 0.420. The lowest BCUT2D eigenvalue weighted by Gasteiger charge is -2.08. The van der Waals surface area contributed by atoms with Crippen LogP contribution in [0.3, 0.4) is 0 Å². The maximum absolute atomic E-state index is 13.7. The highest BCUT2D eigenvalue weighted by atomic mass is 32.2. The summed E-state index contributed by atoms with van der Waals surface area (Å²) in [5.74, 6) is -7.52. The van der Waals surface area contributed by atoms with Gasteiger partial charge in [-0.15, -0.1) is 11.3 Å². The Kier molecular flexibility index (Phi) is 4.52. The van der Waals surface area contributed by atoms with Crippen molar-refractivity contribution in [2.24, 2.45) is 0 Å². The lowest BCUT2D eigenvalue weighted by atomic mass is 10.2. The summed E-state index contributed by atoms with van der Waals surface area (Å²) < 4.78 is 80.1. The second-order valence-corrected chi connectivity index (χ2v) is 8.06. The van der Waals surface area contributed by atoms with E-state index >= 15 is 0 Å². The Morgan fingerprint density at radius 2 is 1.62 bits per heavy atom. The molecule has 0 fully saturated rings. The van der Waals surface area contributed by atoms with E-state index in [-0.39, 0.29) is 11.2 Å². The SMILES string of the molecule is O=S(=O)(Nc1nc2c(s1)CCCCC2)c1c(F)c(F)cc(F)c1F. The number of aromatic nitrogens is 1. The summed E-state index contributed by atoms with van der Waals surface area (Å²) in [7, 11) is -4.86. The molecule has 1 aliphatic rings. The van der Waals surface area contributed by atoms with E-state index in [4.69, 9.17) is 0 Å². The summed E-state index contributed by atoms with van der Waals surface area (Å²) in [6.07, 6.45) is 4.33. The van der Waals surface area contributed by atoms with E-state index in [1.165, 1.54) is 0 Å². The summed E-state index contributed by atoms with van der Waals surface area (Å²) in [5.41, 5.74) is 0.738. The third-order valence-electron chi connectivity index (χ3n) is 3.66. The Balaban J connectivity index is 1.98. The maximum atomic E-state index is 13.7. The van der Waals surface area contributed by atoms with Gasteiger partial charge >= 0.3 is 0 Å². The molecule has 130 valence electrons. The Bertz CT molecular complexity index is 847. The van der Waals surface area contributed by atoms with Crippen LogP contribution in [0.2, 0.25) is 0 Å². The Morgan fingerprint density at radius 1 is 1.00 bits per heavy atom. The first-order valence-corrected chi connectivity index (χ1v) is 9.44. The summed E-state index contributed by atoms with van der Waals surface area (Å²) in [4.78, 5) is 3.33. The van der Waals surface area contributed by atoms with Crippen molar-refractivity contribution in [3.63, 3.8) is 0 Å².